The summed E-state index contributed by atoms with van der Waals surface area (Å²) in [5.41, 5.74) is 4.30. The van der Waals surface area contributed by atoms with E-state index in [1.165, 1.54) is 5.57 Å². The van der Waals surface area contributed by atoms with Crippen LogP contribution in [0.3, 0.4) is 0 Å². The number of hydrogen-bond donors (Lipinski definition) is 1. The minimum absolute atomic E-state index is 0.0524. The van der Waals surface area contributed by atoms with Gasteiger partial charge < -0.3 is 10.0 Å². The van der Waals surface area contributed by atoms with Crippen molar-refractivity contribution in [1.29, 1.82) is 0 Å². The molecule has 102 valence electrons. The van der Waals surface area contributed by atoms with E-state index < -0.39 is 0 Å². The van der Waals surface area contributed by atoms with Gasteiger partial charge in [-0.05, 0) is 42.9 Å². The molecule has 3 rings (SSSR count). The fourth-order valence-corrected chi connectivity index (χ4v) is 3.67. The molecule has 0 spiro atoms. The number of likely N-dealkylation sites (N-methyl/N-ethyl adjacent to an activating group) is 1. The molecule has 0 aromatic rings. The molecule has 0 fully saturated rings. The molecule has 0 aromatic heterocycles. The van der Waals surface area contributed by atoms with Crippen molar-refractivity contribution in [1.82, 2.24) is 4.90 Å². The summed E-state index contributed by atoms with van der Waals surface area (Å²) < 4.78 is 0. The van der Waals surface area contributed by atoms with Gasteiger partial charge in [-0.3, -0.25) is 4.79 Å². The third kappa shape index (κ3) is 1.51. The highest BCUT2D eigenvalue weighted by molar-refractivity contribution is 6.00. The SMILES string of the molecule is CC1=C2CC3(C)C(=CCC(O)C3C)C=C2N(C)C1=O. The maximum Gasteiger partial charge on any atom is 0.254 e. The molecule has 0 radical (unpaired) electrons. The fourth-order valence-electron chi connectivity index (χ4n) is 3.67. The predicted molar refractivity (Wildman–Crippen MR) is 74.1 cm³/mol. The van der Waals surface area contributed by atoms with E-state index in [1.807, 2.05) is 14.0 Å². The number of carbonyl (C=O) groups is 1. The summed E-state index contributed by atoms with van der Waals surface area (Å²) >= 11 is 0. The lowest BCUT2D eigenvalue weighted by molar-refractivity contribution is -0.123. The summed E-state index contributed by atoms with van der Waals surface area (Å²) in [6.07, 6.45) is 5.58. The first-order valence-corrected chi connectivity index (χ1v) is 6.95. The maximum atomic E-state index is 12.1. The number of fused-ring (bicyclic) bond motifs is 2. The van der Waals surface area contributed by atoms with Crippen LogP contribution in [-0.4, -0.2) is 29.1 Å². The van der Waals surface area contributed by atoms with Crippen LogP contribution in [0.5, 0.6) is 0 Å². The van der Waals surface area contributed by atoms with Crippen LogP contribution in [0.2, 0.25) is 0 Å². The zero-order valence-corrected chi connectivity index (χ0v) is 12.0. The minimum atomic E-state index is -0.278. The van der Waals surface area contributed by atoms with E-state index in [2.05, 4.69) is 26.0 Å². The van der Waals surface area contributed by atoms with Crippen LogP contribution >= 0.6 is 0 Å². The van der Waals surface area contributed by atoms with Crippen molar-refractivity contribution >= 4 is 5.91 Å². The average molecular weight is 259 g/mol. The summed E-state index contributed by atoms with van der Waals surface area (Å²) in [4.78, 5) is 13.8. The highest BCUT2D eigenvalue weighted by atomic mass is 16.3. The van der Waals surface area contributed by atoms with Crippen molar-refractivity contribution in [2.45, 2.75) is 39.7 Å². The molecule has 1 amide bonds. The van der Waals surface area contributed by atoms with Crippen LogP contribution < -0.4 is 0 Å². The summed E-state index contributed by atoms with van der Waals surface area (Å²) in [7, 11) is 1.84. The predicted octanol–water partition coefficient (Wildman–Crippen LogP) is 2.40. The Balaban J connectivity index is 2.16. The molecule has 3 heteroatoms. The summed E-state index contributed by atoms with van der Waals surface area (Å²) in [5, 5.41) is 10.1. The molecule has 3 unspecified atom stereocenters. The highest BCUT2D eigenvalue weighted by Gasteiger charge is 2.46. The molecule has 1 heterocycles. The second-order valence-corrected chi connectivity index (χ2v) is 6.34. The Morgan fingerprint density at radius 3 is 2.84 bits per heavy atom. The van der Waals surface area contributed by atoms with E-state index in [0.29, 0.717) is 6.42 Å². The quantitative estimate of drug-likeness (QED) is 0.725. The van der Waals surface area contributed by atoms with E-state index >= 15 is 0 Å². The van der Waals surface area contributed by atoms with Crippen LogP contribution in [-0.2, 0) is 4.79 Å². The number of aliphatic hydroxyl groups excluding tert-OH is 1. The Morgan fingerprint density at radius 2 is 2.16 bits per heavy atom. The second kappa shape index (κ2) is 3.83. The number of carbonyl (C=O) groups excluding carboxylic acids is 1. The molecule has 0 bridgehead atoms. The van der Waals surface area contributed by atoms with Crippen LogP contribution in [0.15, 0.2) is 34.6 Å². The number of aliphatic hydroxyl groups is 1. The number of hydrogen-bond acceptors (Lipinski definition) is 2. The molecule has 2 aliphatic carbocycles. The van der Waals surface area contributed by atoms with Crippen molar-refractivity contribution in [3.05, 3.63) is 34.6 Å². The molecule has 1 aliphatic heterocycles. The van der Waals surface area contributed by atoms with Crippen molar-refractivity contribution in [2.75, 3.05) is 7.05 Å². The Hall–Kier alpha value is -1.35. The van der Waals surface area contributed by atoms with Crippen LogP contribution in [0, 0.1) is 11.3 Å². The lowest BCUT2D eigenvalue weighted by Crippen LogP contribution is -2.40. The molecule has 0 aromatic carbocycles. The first-order chi connectivity index (χ1) is 8.86. The van der Waals surface area contributed by atoms with Gasteiger partial charge in [-0.15, -0.1) is 0 Å². The summed E-state index contributed by atoms with van der Waals surface area (Å²) in [6.45, 7) is 6.24. The van der Waals surface area contributed by atoms with Gasteiger partial charge in [-0.1, -0.05) is 19.9 Å². The van der Waals surface area contributed by atoms with Crippen LogP contribution in [0.1, 0.15) is 33.6 Å². The zero-order chi connectivity index (χ0) is 13.9. The fraction of sp³-hybridized carbons (Fsp3) is 0.562. The molecule has 3 atom stereocenters. The highest BCUT2D eigenvalue weighted by Crippen LogP contribution is 2.53. The summed E-state index contributed by atoms with van der Waals surface area (Å²) in [6, 6.07) is 0. The molecular formula is C16H21NO2. The van der Waals surface area contributed by atoms with E-state index in [0.717, 1.165) is 23.3 Å². The van der Waals surface area contributed by atoms with Gasteiger partial charge in [0.1, 0.15) is 0 Å². The smallest absolute Gasteiger partial charge is 0.254 e. The minimum Gasteiger partial charge on any atom is -0.392 e. The van der Waals surface area contributed by atoms with E-state index in [1.54, 1.807) is 4.90 Å². The molecule has 3 nitrogen and oxygen atoms in total. The third-order valence-corrected chi connectivity index (χ3v) is 5.41. The van der Waals surface area contributed by atoms with Crippen molar-refractivity contribution in [3.8, 4) is 0 Å². The lowest BCUT2D eigenvalue weighted by atomic mass is 9.60. The largest absolute Gasteiger partial charge is 0.392 e. The van der Waals surface area contributed by atoms with Crippen molar-refractivity contribution in [2.24, 2.45) is 11.3 Å². The van der Waals surface area contributed by atoms with Gasteiger partial charge in [0.2, 0.25) is 0 Å². The van der Waals surface area contributed by atoms with Crippen LogP contribution in [0.4, 0.5) is 0 Å². The Kier molecular flexibility index (Phi) is 2.55. The Bertz CT molecular complexity index is 555. The second-order valence-electron chi connectivity index (χ2n) is 6.34. The van der Waals surface area contributed by atoms with Crippen LogP contribution in [0.25, 0.3) is 0 Å². The maximum absolute atomic E-state index is 12.1. The monoisotopic (exact) mass is 259 g/mol. The molecule has 19 heavy (non-hydrogen) atoms. The number of nitrogens with zero attached hydrogens (tertiary/aromatic N) is 1. The normalized spacial score (nSPS) is 37.9. The van der Waals surface area contributed by atoms with E-state index in [9.17, 15) is 9.90 Å². The molecule has 0 saturated heterocycles. The van der Waals surface area contributed by atoms with Gasteiger partial charge >= 0.3 is 0 Å². The van der Waals surface area contributed by atoms with Gasteiger partial charge in [0.05, 0.1) is 6.10 Å². The third-order valence-electron chi connectivity index (χ3n) is 5.41. The molecule has 3 aliphatic rings. The Morgan fingerprint density at radius 1 is 1.47 bits per heavy atom. The summed E-state index contributed by atoms with van der Waals surface area (Å²) in [5.74, 6) is 0.323. The first kappa shape index (κ1) is 12.7. The van der Waals surface area contributed by atoms with Crippen molar-refractivity contribution < 1.29 is 9.90 Å². The number of allylic oxidation sites excluding steroid dienone is 3. The van der Waals surface area contributed by atoms with Gasteiger partial charge in [-0.2, -0.15) is 0 Å². The van der Waals surface area contributed by atoms with Crippen molar-refractivity contribution in [3.63, 3.8) is 0 Å². The number of amides is 1. The average Bonchev–Trinajstić information content (AvgIpc) is 2.58. The van der Waals surface area contributed by atoms with Gasteiger partial charge in [0.15, 0.2) is 0 Å². The number of rotatable bonds is 0. The Labute approximate surface area is 114 Å². The molecule has 1 N–H and O–H groups in total. The van der Waals surface area contributed by atoms with Gasteiger partial charge in [0, 0.05) is 23.7 Å². The lowest BCUT2D eigenvalue weighted by Gasteiger charge is -2.46. The first-order valence-electron chi connectivity index (χ1n) is 6.95. The molecule has 0 saturated carbocycles. The topological polar surface area (TPSA) is 40.5 Å². The van der Waals surface area contributed by atoms with E-state index in [-0.39, 0.29) is 23.3 Å². The van der Waals surface area contributed by atoms with Gasteiger partial charge in [-0.25, -0.2) is 0 Å². The standard InChI is InChI=1S/C16H21NO2/c1-9-12-8-16(3)10(2)14(18)6-5-11(16)7-13(12)17(4)15(9)19/h5,7,10,14,18H,6,8H2,1-4H3. The zero-order valence-electron chi connectivity index (χ0n) is 12.0. The van der Waals surface area contributed by atoms with E-state index in [4.69, 9.17) is 0 Å². The van der Waals surface area contributed by atoms with Gasteiger partial charge in [0.25, 0.3) is 5.91 Å². The molecular weight excluding hydrogens is 238 g/mol.